The van der Waals surface area contributed by atoms with E-state index in [1.165, 1.54) is 12.8 Å². The number of hydrogen-bond acceptors (Lipinski definition) is 5. The molecule has 26 heavy (non-hydrogen) atoms. The highest BCUT2D eigenvalue weighted by Crippen LogP contribution is 2.32. The molecule has 2 aromatic heterocycles. The highest BCUT2D eigenvalue weighted by atomic mass is 16.4. The largest absolute Gasteiger partial charge is 0.479 e. The first kappa shape index (κ1) is 17.3. The number of aliphatic carboxylic acids is 1. The Hall–Kier alpha value is -2.12. The number of hydrogen-bond donors (Lipinski definition) is 2. The molecule has 0 unspecified atom stereocenters. The maximum Gasteiger partial charge on any atom is 0.331 e. The van der Waals surface area contributed by atoms with E-state index in [4.69, 9.17) is 4.42 Å². The number of carbonyl (C=O) groups is 1. The topological polar surface area (TPSA) is 83.5 Å². The van der Waals surface area contributed by atoms with Crippen LogP contribution < -0.4 is 5.32 Å². The van der Waals surface area contributed by atoms with Gasteiger partial charge in [-0.2, -0.15) is 5.10 Å². The molecular formula is C19H26N4O3. The van der Waals surface area contributed by atoms with Crippen molar-refractivity contribution in [2.75, 3.05) is 32.7 Å². The fourth-order valence-corrected chi connectivity index (χ4v) is 4.21. The molecule has 2 aliphatic rings. The van der Waals surface area contributed by atoms with Gasteiger partial charge in [0.15, 0.2) is 11.3 Å². The number of rotatable bonds is 5. The Morgan fingerprint density at radius 1 is 1.38 bits per heavy atom. The maximum absolute atomic E-state index is 12.2. The van der Waals surface area contributed by atoms with E-state index in [2.05, 4.69) is 15.3 Å². The van der Waals surface area contributed by atoms with Crippen molar-refractivity contribution in [3.8, 4) is 11.5 Å². The van der Waals surface area contributed by atoms with Crippen LogP contribution in [-0.2, 0) is 10.3 Å². The lowest BCUT2D eigenvalue weighted by Crippen LogP contribution is -2.52. The van der Waals surface area contributed by atoms with Gasteiger partial charge in [-0.15, -0.1) is 0 Å². The SMILES string of the molecule is O=C(O)C1(n2ccc(-c3ccco3)n2)CCN(C[C@H]2CCCNC2)CC1. The summed E-state index contributed by atoms with van der Waals surface area (Å²) in [7, 11) is 0. The zero-order valence-corrected chi connectivity index (χ0v) is 14.9. The predicted octanol–water partition coefficient (Wildman–Crippen LogP) is 2.02. The Kier molecular flexibility index (Phi) is 4.82. The number of furan rings is 1. The maximum atomic E-state index is 12.2. The van der Waals surface area contributed by atoms with Gasteiger partial charge in [0.05, 0.1) is 6.26 Å². The van der Waals surface area contributed by atoms with Crippen molar-refractivity contribution in [1.82, 2.24) is 20.0 Å². The number of carboxylic acid groups (broad SMARTS) is 1. The molecule has 2 aliphatic heterocycles. The van der Waals surface area contributed by atoms with Gasteiger partial charge < -0.3 is 19.7 Å². The molecule has 0 bridgehead atoms. The molecule has 2 N–H and O–H groups in total. The standard InChI is InChI=1S/C19H26N4O3/c24-18(25)19(23-9-5-16(21-23)17-4-2-12-26-17)6-10-22(11-7-19)14-15-3-1-8-20-13-15/h2,4-5,9,12,15,20H,1,3,6-8,10-11,13-14H2,(H,24,25)/t15-/m0/s1. The first-order valence-electron chi connectivity index (χ1n) is 9.44. The molecule has 2 fully saturated rings. The minimum absolute atomic E-state index is 0.571. The van der Waals surface area contributed by atoms with Crippen molar-refractivity contribution in [2.24, 2.45) is 5.92 Å². The number of nitrogens with zero attached hydrogens (tertiary/aromatic N) is 3. The highest BCUT2D eigenvalue weighted by molar-refractivity contribution is 5.77. The summed E-state index contributed by atoms with van der Waals surface area (Å²) in [5.74, 6) is 0.536. The summed E-state index contributed by atoms with van der Waals surface area (Å²) in [4.78, 5) is 14.6. The minimum Gasteiger partial charge on any atom is -0.479 e. The summed E-state index contributed by atoms with van der Waals surface area (Å²) in [6.45, 7) is 4.83. The average Bonchev–Trinajstić information content (AvgIpc) is 3.35. The van der Waals surface area contributed by atoms with Gasteiger partial charge in [0.1, 0.15) is 5.69 Å². The third-order valence-electron chi connectivity index (χ3n) is 5.80. The van der Waals surface area contributed by atoms with Crippen LogP contribution in [-0.4, -0.2) is 58.5 Å². The number of carboxylic acids is 1. The molecule has 4 rings (SSSR count). The van der Waals surface area contributed by atoms with E-state index in [0.29, 0.717) is 30.2 Å². The fraction of sp³-hybridized carbons (Fsp3) is 0.579. The van der Waals surface area contributed by atoms with Crippen LogP contribution in [0.1, 0.15) is 25.7 Å². The van der Waals surface area contributed by atoms with Gasteiger partial charge in [-0.05, 0) is 62.9 Å². The summed E-state index contributed by atoms with van der Waals surface area (Å²) in [6, 6.07) is 5.46. The van der Waals surface area contributed by atoms with Gasteiger partial charge in [0.2, 0.25) is 0 Å². The van der Waals surface area contributed by atoms with Gasteiger partial charge in [-0.25, -0.2) is 4.79 Å². The summed E-state index contributed by atoms with van der Waals surface area (Å²) in [6.07, 6.45) is 7.01. The number of likely N-dealkylation sites (tertiary alicyclic amines) is 1. The van der Waals surface area contributed by atoms with E-state index in [-0.39, 0.29) is 0 Å². The molecule has 2 aromatic rings. The van der Waals surface area contributed by atoms with Crippen LogP contribution in [0.2, 0.25) is 0 Å². The van der Waals surface area contributed by atoms with Crippen molar-refractivity contribution >= 4 is 5.97 Å². The molecule has 0 radical (unpaired) electrons. The molecule has 1 atom stereocenters. The first-order chi connectivity index (χ1) is 12.7. The third-order valence-corrected chi connectivity index (χ3v) is 5.80. The van der Waals surface area contributed by atoms with Crippen LogP contribution in [0.5, 0.6) is 0 Å². The Labute approximate surface area is 153 Å². The monoisotopic (exact) mass is 358 g/mol. The molecule has 4 heterocycles. The number of aromatic nitrogens is 2. The summed E-state index contributed by atoms with van der Waals surface area (Å²) in [5, 5.41) is 18.0. The van der Waals surface area contributed by atoms with Crippen LogP contribution in [0.4, 0.5) is 0 Å². The van der Waals surface area contributed by atoms with Gasteiger partial charge >= 0.3 is 5.97 Å². The molecule has 140 valence electrons. The summed E-state index contributed by atoms with van der Waals surface area (Å²) < 4.78 is 7.01. The Balaban J connectivity index is 1.46. The van der Waals surface area contributed by atoms with Crippen molar-refractivity contribution in [1.29, 1.82) is 0 Å². The van der Waals surface area contributed by atoms with Crippen LogP contribution in [0, 0.1) is 5.92 Å². The fourth-order valence-electron chi connectivity index (χ4n) is 4.21. The average molecular weight is 358 g/mol. The lowest BCUT2D eigenvalue weighted by Gasteiger charge is -2.40. The lowest BCUT2D eigenvalue weighted by atomic mass is 9.87. The van der Waals surface area contributed by atoms with Crippen molar-refractivity contribution in [3.63, 3.8) is 0 Å². The third kappa shape index (κ3) is 3.29. The van der Waals surface area contributed by atoms with E-state index >= 15 is 0 Å². The lowest BCUT2D eigenvalue weighted by molar-refractivity contribution is -0.151. The number of nitrogens with one attached hydrogen (secondary N) is 1. The molecule has 0 amide bonds. The van der Waals surface area contributed by atoms with Gasteiger partial charge in [0.25, 0.3) is 0 Å². The second kappa shape index (κ2) is 7.25. The van der Waals surface area contributed by atoms with E-state index in [1.807, 2.05) is 12.1 Å². The molecule has 2 saturated heterocycles. The van der Waals surface area contributed by atoms with Crippen molar-refractivity contribution < 1.29 is 14.3 Å². The zero-order chi connectivity index (χ0) is 18.0. The molecular weight excluding hydrogens is 332 g/mol. The van der Waals surface area contributed by atoms with Crippen LogP contribution in [0.3, 0.4) is 0 Å². The van der Waals surface area contributed by atoms with E-state index in [9.17, 15) is 9.90 Å². The van der Waals surface area contributed by atoms with Crippen molar-refractivity contribution in [2.45, 2.75) is 31.2 Å². The second-order valence-electron chi connectivity index (χ2n) is 7.47. The van der Waals surface area contributed by atoms with Crippen LogP contribution >= 0.6 is 0 Å². The van der Waals surface area contributed by atoms with Gasteiger partial charge in [0, 0.05) is 25.8 Å². The van der Waals surface area contributed by atoms with E-state index < -0.39 is 11.5 Å². The van der Waals surface area contributed by atoms with Gasteiger partial charge in [-0.3, -0.25) is 4.68 Å². The normalized spacial score (nSPS) is 23.8. The molecule has 0 aliphatic carbocycles. The van der Waals surface area contributed by atoms with Crippen molar-refractivity contribution in [3.05, 3.63) is 30.7 Å². The Bertz CT molecular complexity index is 726. The molecule has 7 nitrogen and oxygen atoms in total. The van der Waals surface area contributed by atoms with Crippen LogP contribution in [0.25, 0.3) is 11.5 Å². The van der Waals surface area contributed by atoms with E-state index in [1.54, 1.807) is 23.2 Å². The molecule has 0 spiro atoms. The second-order valence-corrected chi connectivity index (χ2v) is 7.47. The summed E-state index contributed by atoms with van der Waals surface area (Å²) in [5.41, 5.74) is -0.294. The quantitative estimate of drug-likeness (QED) is 0.851. The summed E-state index contributed by atoms with van der Waals surface area (Å²) >= 11 is 0. The first-order valence-corrected chi connectivity index (χ1v) is 9.44. The zero-order valence-electron chi connectivity index (χ0n) is 14.9. The van der Waals surface area contributed by atoms with Gasteiger partial charge in [-0.1, -0.05) is 0 Å². The Morgan fingerprint density at radius 2 is 2.23 bits per heavy atom. The number of piperidine rings is 2. The van der Waals surface area contributed by atoms with E-state index in [0.717, 1.165) is 32.7 Å². The Morgan fingerprint density at radius 3 is 2.88 bits per heavy atom. The molecule has 0 saturated carbocycles. The molecule has 7 heteroatoms. The predicted molar refractivity (Wildman–Crippen MR) is 96.8 cm³/mol. The van der Waals surface area contributed by atoms with Crippen LogP contribution in [0.15, 0.2) is 35.1 Å². The minimum atomic E-state index is -0.966. The highest BCUT2D eigenvalue weighted by Gasteiger charge is 2.44. The molecule has 0 aromatic carbocycles. The smallest absolute Gasteiger partial charge is 0.331 e.